The lowest BCUT2D eigenvalue weighted by atomic mass is 10.1. The SMILES string of the molecule is CCOc1cc(/C=C2\C(=O)NC(=O)N(c3ccc(C(=O)OC)cc3)C2=O)cc(Br)c1OCc1ccc(C)cc1. The van der Waals surface area contributed by atoms with Crippen LogP contribution in [0.2, 0.25) is 0 Å². The zero-order valence-corrected chi connectivity index (χ0v) is 23.0. The van der Waals surface area contributed by atoms with Gasteiger partial charge < -0.3 is 14.2 Å². The van der Waals surface area contributed by atoms with E-state index in [9.17, 15) is 19.2 Å². The van der Waals surface area contributed by atoms with Crippen LogP contribution < -0.4 is 19.7 Å². The van der Waals surface area contributed by atoms with E-state index in [0.29, 0.717) is 34.7 Å². The molecule has 1 aliphatic rings. The number of urea groups is 1. The standard InChI is InChI=1S/C29H25BrN2O7/c1-4-38-24-15-19(14-23(30)25(24)39-16-18-7-5-17(2)6-8-18)13-22-26(33)31-29(36)32(27(22)34)21-11-9-20(10-12-21)28(35)37-3/h5-15H,4,16H2,1-3H3,(H,31,33,36)/b22-13+. The van der Waals surface area contributed by atoms with Crippen LogP contribution in [-0.4, -0.2) is 37.5 Å². The van der Waals surface area contributed by atoms with Crippen LogP contribution in [0.5, 0.6) is 11.5 Å². The number of nitrogens with zero attached hydrogens (tertiary/aromatic N) is 1. The highest BCUT2D eigenvalue weighted by Crippen LogP contribution is 2.38. The monoisotopic (exact) mass is 592 g/mol. The number of nitrogens with one attached hydrogen (secondary N) is 1. The summed E-state index contributed by atoms with van der Waals surface area (Å²) in [7, 11) is 1.25. The lowest BCUT2D eigenvalue weighted by molar-refractivity contribution is -0.122. The molecular formula is C29H25BrN2O7. The Morgan fingerprint density at radius 3 is 2.33 bits per heavy atom. The van der Waals surface area contributed by atoms with Gasteiger partial charge in [-0.3, -0.25) is 14.9 Å². The number of barbiturate groups is 1. The molecule has 4 rings (SSSR count). The fourth-order valence-corrected chi connectivity index (χ4v) is 4.41. The Hall–Kier alpha value is -4.44. The first-order valence-electron chi connectivity index (χ1n) is 12.0. The summed E-state index contributed by atoms with van der Waals surface area (Å²) in [5, 5.41) is 2.18. The van der Waals surface area contributed by atoms with Gasteiger partial charge in [-0.2, -0.15) is 0 Å². The minimum atomic E-state index is -0.899. The normalized spacial score (nSPS) is 14.3. The van der Waals surface area contributed by atoms with E-state index < -0.39 is 23.8 Å². The molecular weight excluding hydrogens is 568 g/mol. The molecule has 4 amide bonds. The van der Waals surface area contributed by atoms with Crippen LogP contribution >= 0.6 is 15.9 Å². The maximum Gasteiger partial charge on any atom is 0.337 e. The molecule has 3 aromatic carbocycles. The van der Waals surface area contributed by atoms with Gasteiger partial charge in [0.15, 0.2) is 11.5 Å². The molecule has 0 aromatic heterocycles. The molecule has 39 heavy (non-hydrogen) atoms. The number of ether oxygens (including phenoxy) is 3. The van der Waals surface area contributed by atoms with Crippen molar-refractivity contribution < 1.29 is 33.4 Å². The summed E-state index contributed by atoms with van der Waals surface area (Å²) in [6.45, 7) is 4.51. The van der Waals surface area contributed by atoms with E-state index in [1.807, 2.05) is 38.1 Å². The molecule has 1 heterocycles. The number of benzene rings is 3. The molecule has 0 radical (unpaired) electrons. The molecule has 0 aliphatic carbocycles. The van der Waals surface area contributed by atoms with Crippen LogP contribution in [-0.2, 0) is 20.9 Å². The zero-order valence-electron chi connectivity index (χ0n) is 21.4. The summed E-state index contributed by atoms with van der Waals surface area (Å²) < 4.78 is 17.0. The first kappa shape index (κ1) is 27.6. The maximum absolute atomic E-state index is 13.3. The summed E-state index contributed by atoms with van der Waals surface area (Å²) in [5.74, 6) is -1.32. The van der Waals surface area contributed by atoms with Gasteiger partial charge in [-0.05, 0) is 83.4 Å². The average molecular weight is 593 g/mol. The Morgan fingerprint density at radius 2 is 1.69 bits per heavy atom. The first-order valence-corrected chi connectivity index (χ1v) is 12.8. The summed E-state index contributed by atoms with van der Waals surface area (Å²) in [4.78, 5) is 51.0. The van der Waals surface area contributed by atoms with E-state index in [4.69, 9.17) is 9.47 Å². The van der Waals surface area contributed by atoms with Crippen molar-refractivity contribution in [3.05, 3.63) is 93.0 Å². The van der Waals surface area contributed by atoms with Gasteiger partial charge in [-0.1, -0.05) is 29.8 Å². The summed E-state index contributed by atoms with van der Waals surface area (Å²) in [6, 6.07) is 16.1. The number of halogens is 1. The molecule has 9 nitrogen and oxygen atoms in total. The third-order valence-electron chi connectivity index (χ3n) is 5.79. The smallest absolute Gasteiger partial charge is 0.337 e. The number of aryl methyl sites for hydroxylation is 1. The van der Waals surface area contributed by atoms with Crippen molar-refractivity contribution >= 4 is 51.5 Å². The van der Waals surface area contributed by atoms with Gasteiger partial charge in [-0.25, -0.2) is 14.5 Å². The lowest BCUT2D eigenvalue weighted by Gasteiger charge is -2.26. The highest BCUT2D eigenvalue weighted by molar-refractivity contribution is 9.10. The molecule has 1 N–H and O–H groups in total. The van der Waals surface area contributed by atoms with Crippen molar-refractivity contribution in [1.82, 2.24) is 5.32 Å². The third kappa shape index (κ3) is 6.18. The lowest BCUT2D eigenvalue weighted by Crippen LogP contribution is -2.54. The molecule has 0 unspecified atom stereocenters. The highest BCUT2D eigenvalue weighted by atomic mass is 79.9. The van der Waals surface area contributed by atoms with E-state index in [-0.39, 0.29) is 16.8 Å². The number of methoxy groups -OCH3 is 1. The van der Waals surface area contributed by atoms with Gasteiger partial charge in [0.1, 0.15) is 12.2 Å². The molecule has 10 heteroatoms. The van der Waals surface area contributed by atoms with Crippen molar-refractivity contribution in [2.24, 2.45) is 0 Å². The van der Waals surface area contributed by atoms with Gasteiger partial charge in [0, 0.05) is 0 Å². The number of imide groups is 2. The van der Waals surface area contributed by atoms with Gasteiger partial charge in [0.25, 0.3) is 11.8 Å². The Bertz CT molecular complexity index is 1460. The maximum atomic E-state index is 13.3. The van der Waals surface area contributed by atoms with E-state index in [2.05, 4.69) is 26.0 Å². The zero-order chi connectivity index (χ0) is 28.1. The van der Waals surface area contributed by atoms with Gasteiger partial charge >= 0.3 is 12.0 Å². The molecule has 0 spiro atoms. The number of carbonyl (C=O) groups is 4. The number of esters is 1. The molecule has 0 bridgehead atoms. The Kier molecular flexibility index (Phi) is 8.46. The van der Waals surface area contributed by atoms with Crippen LogP contribution in [0.1, 0.15) is 34.0 Å². The van der Waals surface area contributed by atoms with E-state index in [1.165, 1.54) is 37.5 Å². The Labute approximate surface area is 233 Å². The molecule has 1 fully saturated rings. The third-order valence-corrected chi connectivity index (χ3v) is 6.38. The quantitative estimate of drug-likeness (QED) is 0.218. The fraction of sp³-hybridized carbons (Fsp3) is 0.172. The second-order valence-electron chi connectivity index (χ2n) is 8.53. The summed E-state index contributed by atoms with van der Waals surface area (Å²) in [5.41, 5.74) is 2.77. The second-order valence-corrected chi connectivity index (χ2v) is 9.39. The predicted octanol–water partition coefficient (Wildman–Crippen LogP) is 5.19. The van der Waals surface area contributed by atoms with Gasteiger partial charge in [0.05, 0.1) is 29.4 Å². The first-order chi connectivity index (χ1) is 18.7. The van der Waals surface area contributed by atoms with Crippen LogP contribution in [0.4, 0.5) is 10.5 Å². The predicted molar refractivity (Wildman–Crippen MR) is 148 cm³/mol. The van der Waals surface area contributed by atoms with Crippen molar-refractivity contribution in [2.75, 3.05) is 18.6 Å². The highest BCUT2D eigenvalue weighted by Gasteiger charge is 2.37. The molecule has 0 atom stereocenters. The van der Waals surface area contributed by atoms with Gasteiger partial charge in [-0.15, -0.1) is 0 Å². The van der Waals surface area contributed by atoms with Crippen molar-refractivity contribution in [2.45, 2.75) is 20.5 Å². The molecule has 200 valence electrons. The van der Waals surface area contributed by atoms with E-state index in [1.54, 1.807) is 12.1 Å². The number of hydrogen-bond acceptors (Lipinski definition) is 7. The number of hydrogen-bond donors (Lipinski definition) is 1. The minimum Gasteiger partial charge on any atom is -0.490 e. The molecule has 1 aliphatic heterocycles. The largest absolute Gasteiger partial charge is 0.490 e. The average Bonchev–Trinajstić information content (AvgIpc) is 2.91. The number of carbonyl (C=O) groups excluding carboxylic acids is 4. The van der Waals surface area contributed by atoms with Gasteiger partial charge in [0.2, 0.25) is 0 Å². The topological polar surface area (TPSA) is 111 Å². The minimum absolute atomic E-state index is 0.180. The van der Waals surface area contributed by atoms with Crippen molar-refractivity contribution in [1.29, 1.82) is 0 Å². The van der Waals surface area contributed by atoms with Crippen LogP contribution in [0.3, 0.4) is 0 Å². The second kappa shape index (κ2) is 12.0. The van der Waals surface area contributed by atoms with Crippen molar-refractivity contribution in [3.63, 3.8) is 0 Å². The molecule has 0 saturated carbocycles. The summed E-state index contributed by atoms with van der Waals surface area (Å²) >= 11 is 3.51. The Morgan fingerprint density at radius 1 is 1.00 bits per heavy atom. The molecule has 1 saturated heterocycles. The van der Waals surface area contributed by atoms with E-state index in [0.717, 1.165) is 16.0 Å². The van der Waals surface area contributed by atoms with E-state index >= 15 is 0 Å². The number of rotatable bonds is 8. The van der Waals surface area contributed by atoms with Crippen LogP contribution in [0.15, 0.2) is 70.7 Å². The number of anilines is 1. The fourth-order valence-electron chi connectivity index (χ4n) is 3.84. The summed E-state index contributed by atoms with van der Waals surface area (Å²) in [6.07, 6.45) is 1.37. The van der Waals surface area contributed by atoms with Crippen LogP contribution in [0, 0.1) is 6.92 Å². The van der Waals surface area contributed by atoms with Crippen molar-refractivity contribution in [3.8, 4) is 11.5 Å². The molecule has 3 aromatic rings. The number of amides is 4. The van der Waals surface area contributed by atoms with Crippen LogP contribution in [0.25, 0.3) is 6.08 Å². The Balaban J connectivity index is 1.63.